The average molecular weight is 443 g/mol. The van der Waals surface area contributed by atoms with Gasteiger partial charge in [-0.05, 0) is 35.7 Å². The number of nitrogens with one attached hydrogen (secondary N) is 1. The zero-order valence-corrected chi connectivity index (χ0v) is 18.7. The quantitative estimate of drug-likeness (QED) is 0.524. The molecule has 1 aliphatic heterocycles. The Hall–Kier alpha value is -4.06. The molecule has 0 radical (unpaired) electrons. The molecule has 1 aliphatic rings. The van der Waals surface area contributed by atoms with Crippen molar-refractivity contribution in [2.75, 3.05) is 7.05 Å². The number of rotatable bonds is 7. The third-order valence-corrected chi connectivity index (χ3v) is 5.65. The number of hydrogen-bond donors (Lipinski definition) is 1. The molecule has 1 N–H and O–H groups in total. The van der Waals surface area contributed by atoms with Crippen LogP contribution in [-0.2, 0) is 22.7 Å². The molecule has 1 heterocycles. The van der Waals surface area contributed by atoms with Crippen LogP contribution in [0.3, 0.4) is 0 Å². The molecule has 6 heteroatoms. The fourth-order valence-corrected chi connectivity index (χ4v) is 3.65. The third-order valence-electron chi connectivity index (χ3n) is 5.65. The van der Waals surface area contributed by atoms with E-state index in [1.54, 1.807) is 14.0 Å². The van der Waals surface area contributed by atoms with E-state index in [1.165, 1.54) is 4.90 Å². The van der Waals surface area contributed by atoms with Crippen molar-refractivity contribution in [3.63, 3.8) is 0 Å². The Kier molecular flexibility index (Phi) is 6.74. The smallest absolute Gasteiger partial charge is 0.338 e. The maximum atomic E-state index is 13.1. The maximum absolute atomic E-state index is 13.1. The lowest BCUT2D eigenvalue weighted by Gasteiger charge is -2.33. The number of hydrogen-bond acceptors (Lipinski definition) is 4. The van der Waals surface area contributed by atoms with E-state index in [9.17, 15) is 9.59 Å². The largest absolute Gasteiger partial charge is 0.489 e. The van der Waals surface area contributed by atoms with Crippen molar-refractivity contribution in [1.29, 1.82) is 0 Å². The van der Waals surface area contributed by atoms with E-state index in [4.69, 9.17) is 9.47 Å². The van der Waals surface area contributed by atoms with Crippen molar-refractivity contribution in [2.24, 2.45) is 0 Å². The summed E-state index contributed by atoms with van der Waals surface area (Å²) in [4.78, 5) is 27.0. The van der Waals surface area contributed by atoms with Gasteiger partial charge in [-0.15, -0.1) is 0 Å². The monoisotopic (exact) mass is 442 g/mol. The van der Waals surface area contributed by atoms with E-state index >= 15 is 0 Å². The van der Waals surface area contributed by atoms with Crippen LogP contribution in [0.15, 0.2) is 96.2 Å². The lowest BCUT2D eigenvalue weighted by atomic mass is 9.95. The summed E-state index contributed by atoms with van der Waals surface area (Å²) in [6.07, 6.45) is 0. The van der Waals surface area contributed by atoms with E-state index in [0.717, 1.165) is 16.7 Å². The number of ether oxygens (including phenoxy) is 2. The summed E-state index contributed by atoms with van der Waals surface area (Å²) in [6.45, 7) is 2.37. The molecule has 3 aromatic carbocycles. The highest BCUT2D eigenvalue weighted by atomic mass is 16.5. The van der Waals surface area contributed by atoms with Gasteiger partial charge in [0.2, 0.25) is 0 Å². The second kappa shape index (κ2) is 10.0. The van der Waals surface area contributed by atoms with Crippen LogP contribution in [0.25, 0.3) is 0 Å². The molecule has 6 nitrogen and oxygen atoms in total. The first kappa shape index (κ1) is 22.1. The lowest BCUT2D eigenvalue weighted by molar-refractivity contribution is -0.141. The highest BCUT2D eigenvalue weighted by molar-refractivity contribution is 5.95. The van der Waals surface area contributed by atoms with Crippen molar-refractivity contribution >= 4 is 12.0 Å². The molecule has 4 rings (SSSR count). The number of urea groups is 1. The fraction of sp³-hybridized carbons (Fsp3) is 0.185. The fourth-order valence-electron chi connectivity index (χ4n) is 3.65. The molecule has 0 aromatic heterocycles. The SMILES string of the molecule is CC1=C(C(=O)OCc2ccccc2)C(c2ccc(OCc3ccccc3)cc2)NC(=O)N1C. The predicted molar refractivity (Wildman–Crippen MR) is 125 cm³/mol. The molecule has 1 unspecified atom stereocenters. The van der Waals surface area contributed by atoms with Gasteiger partial charge in [-0.3, -0.25) is 0 Å². The van der Waals surface area contributed by atoms with Gasteiger partial charge in [0.1, 0.15) is 19.0 Å². The van der Waals surface area contributed by atoms with Gasteiger partial charge in [-0.2, -0.15) is 0 Å². The average Bonchev–Trinajstić information content (AvgIpc) is 2.86. The minimum atomic E-state index is -0.611. The van der Waals surface area contributed by atoms with Gasteiger partial charge < -0.3 is 19.7 Å². The number of esters is 1. The van der Waals surface area contributed by atoms with Crippen LogP contribution in [0.2, 0.25) is 0 Å². The van der Waals surface area contributed by atoms with Gasteiger partial charge in [0.05, 0.1) is 11.6 Å². The number of amides is 2. The minimum absolute atomic E-state index is 0.160. The topological polar surface area (TPSA) is 67.9 Å². The molecule has 0 saturated carbocycles. The van der Waals surface area contributed by atoms with Gasteiger partial charge in [0.15, 0.2) is 0 Å². The molecule has 0 bridgehead atoms. The van der Waals surface area contributed by atoms with Gasteiger partial charge in [-0.25, -0.2) is 9.59 Å². The number of allylic oxidation sites excluding steroid dienone is 1. The highest BCUT2D eigenvalue weighted by Crippen LogP contribution is 2.32. The molecule has 168 valence electrons. The van der Waals surface area contributed by atoms with Crippen LogP contribution in [0, 0.1) is 0 Å². The molecule has 0 saturated heterocycles. The summed E-state index contributed by atoms with van der Waals surface area (Å²) in [5.41, 5.74) is 3.71. The number of benzene rings is 3. The van der Waals surface area contributed by atoms with Crippen LogP contribution in [0.1, 0.15) is 29.7 Å². The van der Waals surface area contributed by atoms with Crippen LogP contribution < -0.4 is 10.1 Å². The van der Waals surface area contributed by atoms with Crippen molar-refractivity contribution in [2.45, 2.75) is 26.2 Å². The Morgan fingerprint density at radius 2 is 1.45 bits per heavy atom. The first-order valence-corrected chi connectivity index (χ1v) is 10.8. The summed E-state index contributed by atoms with van der Waals surface area (Å²) in [7, 11) is 1.63. The normalized spacial score (nSPS) is 15.8. The Morgan fingerprint density at radius 1 is 0.879 bits per heavy atom. The van der Waals surface area contributed by atoms with Gasteiger partial charge in [-0.1, -0.05) is 72.8 Å². The molecule has 0 aliphatic carbocycles. The molecule has 0 fully saturated rings. The van der Waals surface area contributed by atoms with Crippen LogP contribution in [0.4, 0.5) is 4.79 Å². The van der Waals surface area contributed by atoms with Gasteiger partial charge in [0, 0.05) is 12.7 Å². The van der Waals surface area contributed by atoms with E-state index < -0.39 is 12.0 Å². The maximum Gasteiger partial charge on any atom is 0.338 e. The Bertz CT molecular complexity index is 1140. The number of carbonyl (C=O) groups excluding carboxylic acids is 2. The Balaban J connectivity index is 1.51. The second-order valence-corrected chi connectivity index (χ2v) is 7.85. The van der Waals surface area contributed by atoms with Crippen molar-refractivity contribution in [3.05, 3.63) is 113 Å². The van der Waals surface area contributed by atoms with Crippen LogP contribution in [0.5, 0.6) is 5.75 Å². The minimum Gasteiger partial charge on any atom is -0.489 e. The lowest BCUT2D eigenvalue weighted by Crippen LogP contribution is -2.46. The van der Waals surface area contributed by atoms with Crippen molar-refractivity contribution < 1.29 is 19.1 Å². The second-order valence-electron chi connectivity index (χ2n) is 7.85. The first-order chi connectivity index (χ1) is 16.0. The zero-order chi connectivity index (χ0) is 23.2. The third kappa shape index (κ3) is 5.23. The summed E-state index contributed by atoms with van der Waals surface area (Å²) in [5.74, 6) is 0.244. The van der Waals surface area contributed by atoms with E-state index in [-0.39, 0.29) is 12.6 Å². The first-order valence-electron chi connectivity index (χ1n) is 10.8. The Labute approximate surface area is 193 Å². The molecule has 1 atom stereocenters. The zero-order valence-electron chi connectivity index (χ0n) is 18.7. The molecule has 2 amide bonds. The molecule has 33 heavy (non-hydrogen) atoms. The molecule has 3 aromatic rings. The Morgan fingerprint density at radius 3 is 2.06 bits per heavy atom. The summed E-state index contributed by atoms with van der Waals surface area (Å²) in [6, 6.07) is 25.9. The summed E-state index contributed by atoms with van der Waals surface area (Å²) in [5, 5.41) is 2.91. The molecular formula is C27H26N2O4. The van der Waals surface area contributed by atoms with Crippen LogP contribution in [-0.4, -0.2) is 23.9 Å². The molecule has 0 spiro atoms. The highest BCUT2D eigenvalue weighted by Gasteiger charge is 2.35. The van der Waals surface area contributed by atoms with E-state index in [2.05, 4.69) is 5.32 Å². The van der Waals surface area contributed by atoms with Crippen LogP contribution >= 0.6 is 0 Å². The summed E-state index contributed by atoms with van der Waals surface area (Å²) >= 11 is 0. The standard InChI is InChI=1S/C27H26N2O4/c1-19-24(26(30)33-18-21-11-7-4-8-12-21)25(28-27(31)29(19)2)22-13-15-23(16-14-22)32-17-20-9-5-3-6-10-20/h3-16,25H,17-18H2,1-2H3,(H,28,31). The van der Waals surface area contributed by atoms with Crippen molar-refractivity contribution in [3.8, 4) is 5.75 Å². The number of nitrogens with zero attached hydrogens (tertiary/aromatic N) is 1. The predicted octanol–water partition coefficient (Wildman–Crippen LogP) is 4.98. The van der Waals surface area contributed by atoms with Crippen molar-refractivity contribution in [1.82, 2.24) is 10.2 Å². The number of carbonyl (C=O) groups is 2. The van der Waals surface area contributed by atoms with Gasteiger partial charge >= 0.3 is 12.0 Å². The summed E-state index contributed by atoms with van der Waals surface area (Å²) < 4.78 is 11.4. The van der Waals surface area contributed by atoms with E-state index in [0.29, 0.717) is 23.6 Å². The van der Waals surface area contributed by atoms with E-state index in [1.807, 2.05) is 84.9 Å². The van der Waals surface area contributed by atoms with Gasteiger partial charge in [0.25, 0.3) is 0 Å². The molecular weight excluding hydrogens is 416 g/mol.